The Labute approximate surface area is 142 Å². The van der Waals surface area contributed by atoms with Gasteiger partial charge in [-0.15, -0.1) is 0 Å². The predicted octanol–water partition coefficient (Wildman–Crippen LogP) is 1.61. The number of rotatable bonds is 4. The first kappa shape index (κ1) is 17.7. The summed E-state index contributed by atoms with van der Waals surface area (Å²) in [6.07, 6.45) is 0.828. The third-order valence-corrected chi connectivity index (χ3v) is 4.93. The van der Waals surface area contributed by atoms with Crippen molar-refractivity contribution < 1.29 is 9.59 Å². The Balaban J connectivity index is 1.87. The number of hydrogen-bond donors (Lipinski definition) is 1. The van der Waals surface area contributed by atoms with Crippen LogP contribution in [0.5, 0.6) is 0 Å². The van der Waals surface area contributed by atoms with Crippen molar-refractivity contribution >= 4 is 23.3 Å². The molecule has 1 saturated heterocycles. The smallest absolute Gasteiger partial charge is 0.317 e. The van der Waals surface area contributed by atoms with Crippen molar-refractivity contribution in [3.05, 3.63) is 22.4 Å². The molecular weight excluding hydrogens is 312 g/mol. The van der Waals surface area contributed by atoms with Gasteiger partial charge in [0.15, 0.2) is 0 Å². The summed E-state index contributed by atoms with van der Waals surface area (Å²) < 4.78 is 0. The minimum Gasteiger partial charge on any atom is -0.341 e. The van der Waals surface area contributed by atoms with Gasteiger partial charge in [-0.1, -0.05) is 0 Å². The normalized spacial score (nSPS) is 17.0. The topological polar surface area (TPSA) is 55.9 Å². The highest BCUT2D eigenvalue weighted by Crippen LogP contribution is 2.20. The van der Waals surface area contributed by atoms with E-state index in [9.17, 15) is 9.59 Å². The summed E-state index contributed by atoms with van der Waals surface area (Å²) in [6.45, 7) is 4.80. The Kier molecular flexibility index (Phi) is 6.41. The summed E-state index contributed by atoms with van der Waals surface area (Å²) in [7, 11) is 4.04. The summed E-state index contributed by atoms with van der Waals surface area (Å²) in [6, 6.07) is 2.22. The first-order valence-corrected chi connectivity index (χ1v) is 8.90. The number of carbonyl (C=O) groups excluding carboxylic acids is 2. The maximum atomic E-state index is 12.4. The van der Waals surface area contributed by atoms with E-state index in [1.165, 1.54) is 5.56 Å². The van der Waals surface area contributed by atoms with E-state index in [1.807, 2.05) is 19.0 Å². The van der Waals surface area contributed by atoms with Crippen LogP contribution in [0.3, 0.4) is 0 Å². The van der Waals surface area contributed by atoms with Crippen LogP contribution >= 0.6 is 11.3 Å². The van der Waals surface area contributed by atoms with Crippen LogP contribution in [-0.2, 0) is 4.79 Å². The molecule has 2 rings (SSSR count). The van der Waals surface area contributed by atoms with E-state index >= 15 is 0 Å². The van der Waals surface area contributed by atoms with Gasteiger partial charge in [-0.2, -0.15) is 11.3 Å². The highest BCUT2D eigenvalue weighted by Gasteiger charge is 2.22. The van der Waals surface area contributed by atoms with Gasteiger partial charge < -0.3 is 20.0 Å². The van der Waals surface area contributed by atoms with Gasteiger partial charge in [-0.3, -0.25) is 4.79 Å². The van der Waals surface area contributed by atoms with Gasteiger partial charge in [0.25, 0.3) is 0 Å². The molecule has 1 atom stereocenters. The van der Waals surface area contributed by atoms with Crippen molar-refractivity contribution in [2.75, 3.05) is 46.8 Å². The molecule has 2 heterocycles. The molecule has 0 radical (unpaired) electrons. The van der Waals surface area contributed by atoms with Crippen LogP contribution in [0.2, 0.25) is 0 Å². The Morgan fingerprint density at radius 3 is 2.57 bits per heavy atom. The third-order valence-electron chi connectivity index (χ3n) is 4.23. The van der Waals surface area contributed by atoms with Crippen LogP contribution in [0.4, 0.5) is 4.79 Å². The van der Waals surface area contributed by atoms with Crippen LogP contribution in [0.15, 0.2) is 16.8 Å². The Bertz CT molecular complexity index is 518. The lowest BCUT2D eigenvalue weighted by Crippen LogP contribution is -2.44. The molecule has 1 aromatic heterocycles. The molecule has 0 aliphatic carbocycles. The second-order valence-corrected chi connectivity index (χ2v) is 6.85. The monoisotopic (exact) mass is 338 g/mol. The zero-order chi connectivity index (χ0) is 16.8. The molecule has 128 valence electrons. The molecule has 3 amide bonds. The number of urea groups is 1. The SMILES string of the molecule is CC(=O)N1CCCN(C(=O)NC[C@@H](c2ccsc2)N(C)C)CC1. The van der Waals surface area contributed by atoms with Gasteiger partial charge >= 0.3 is 6.03 Å². The first-order valence-electron chi connectivity index (χ1n) is 7.96. The number of carbonyl (C=O) groups is 2. The van der Waals surface area contributed by atoms with E-state index in [0.29, 0.717) is 26.2 Å². The fourth-order valence-electron chi connectivity index (χ4n) is 2.79. The van der Waals surface area contributed by atoms with Crippen LogP contribution in [0.25, 0.3) is 0 Å². The lowest BCUT2D eigenvalue weighted by molar-refractivity contribution is -0.128. The fraction of sp³-hybridized carbons (Fsp3) is 0.625. The van der Waals surface area contributed by atoms with Crippen molar-refractivity contribution in [3.63, 3.8) is 0 Å². The molecule has 0 unspecified atom stereocenters. The predicted molar refractivity (Wildman–Crippen MR) is 92.6 cm³/mol. The van der Waals surface area contributed by atoms with E-state index < -0.39 is 0 Å². The molecule has 7 heteroatoms. The maximum Gasteiger partial charge on any atom is 0.317 e. The van der Waals surface area contributed by atoms with Crippen molar-refractivity contribution in [1.82, 2.24) is 20.0 Å². The zero-order valence-electron chi connectivity index (χ0n) is 14.1. The molecule has 0 aromatic carbocycles. The molecule has 6 nitrogen and oxygen atoms in total. The van der Waals surface area contributed by atoms with E-state index in [-0.39, 0.29) is 18.0 Å². The van der Waals surface area contributed by atoms with E-state index in [4.69, 9.17) is 0 Å². The largest absolute Gasteiger partial charge is 0.341 e. The number of nitrogens with zero attached hydrogens (tertiary/aromatic N) is 3. The van der Waals surface area contributed by atoms with Crippen LogP contribution in [0.1, 0.15) is 24.9 Å². The van der Waals surface area contributed by atoms with Crippen molar-refractivity contribution in [3.8, 4) is 0 Å². The molecule has 0 bridgehead atoms. The van der Waals surface area contributed by atoms with E-state index in [1.54, 1.807) is 23.2 Å². The number of thiophene rings is 1. The quantitative estimate of drug-likeness (QED) is 0.907. The molecule has 1 N–H and O–H groups in total. The van der Waals surface area contributed by atoms with E-state index in [0.717, 1.165) is 13.0 Å². The molecule has 1 aliphatic heterocycles. The second kappa shape index (κ2) is 8.31. The Morgan fingerprint density at radius 1 is 1.26 bits per heavy atom. The molecule has 1 aromatic rings. The minimum atomic E-state index is -0.0440. The highest BCUT2D eigenvalue weighted by atomic mass is 32.1. The van der Waals surface area contributed by atoms with Crippen LogP contribution in [-0.4, -0.2) is 73.5 Å². The first-order chi connectivity index (χ1) is 11.0. The molecular formula is C16H26N4O2S. The van der Waals surface area contributed by atoms with Crippen LogP contribution in [0, 0.1) is 0 Å². The number of hydrogen-bond acceptors (Lipinski definition) is 4. The summed E-state index contributed by atoms with van der Waals surface area (Å²) in [5.74, 6) is 0.0809. The third kappa shape index (κ3) is 4.94. The van der Waals surface area contributed by atoms with Crippen molar-refractivity contribution in [2.45, 2.75) is 19.4 Å². The molecule has 0 saturated carbocycles. The molecule has 1 aliphatic rings. The highest BCUT2D eigenvalue weighted by molar-refractivity contribution is 7.07. The van der Waals surface area contributed by atoms with Gasteiger partial charge in [0, 0.05) is 39.6 Å². The van der Waals surface area contributed by atoms with Crippen LogP contribution < -0.4 is 5.32 Å². The maximum absolute atomic E-state index is 12.4. The van der Waals surface area contributed by atoms with E-state index in [2.05, 4.69) is 27.0 Å². The summed E-state index contributed by atoms with van der Waals surface area (Å²) in [4.78, 5) is 29.6. The molecule has 23 heavy (non-hydrogen) atoms. The number of amides is 3. The number of nitrogens with one attached hydrogen (secondary N) is 1. The fourth-order valence-corrected chi connectivity index (χ4v) is 3.50. The summed E-state index contributed by atoms with van der Waals surface area (Å²) >= 11 is 1.67. The van der Waals surface area contributed by atoms with Crippen molar-refractivity contribution in [2.24, 2.45) is 0 Å². The van der Waals surface area contributed by atoms with Gasteiger partial charge in [-0.05, 0) is 42.9 Å². The van der Waals surface area contributed by atoms with Gasteiger partial charge in [-0.25, -0.2) is 4.79 Å². The second-order valence-electron chi connectivity index (χ2n) is 6.07. The molecule has 1 fully saturated rings. The minimum absolute atomic E-state index is 0.0440. The zero-order valence-corrected chi connectivity index (χ0v) is 14.9. The average molecular weight is 338 g/mol. The lowest BCUT2D eigenvalue weighted by atomic mass is 10.1. The summed E-state index contributed by atoms with van der Waals surface area (Å²) in [5, 5.41) is 7.21. The standard InChI is InChI=1S/C16H26N4O2S/c1-13(21)19-6-4-7-20(9-8-19)16(22)17-11-15(18(2)3)14-5-10-23-12-14/h5,10,12,15H,4,6-9,11H2,1-3H3,(H,17,22)/t15-/m0/s1. The number of likely N-dealkylation sites (N-methyl/N-ethyl adjacent to an activating group) is 1. The Morgan fingerprint density at radius 2 is 1.96 bits per heavy atom. The van der Waals surface area contributed by atoms with Gasteiger partial charge in [0.1, 0.15) is 0 Å². The lowest BCUT2D eigenvalue weighted by Gasteiger charge is -2.26. The molecule has 0 spiro atoms. The summed E-state index contributed by atoms with van der Waals surface area (Å²) in [5.41, 5.74) is 1.22. The average Bonchev–Trinajstić information content (AvgIpc) is 2.89. The Hall–Kier alpha value is -1.60. The van der Waals surface area contributed by atoms with Gasteiger partial charge in [0.05, 0.1) is 6.04 Å². The van der Waals surface area contributed by atoms with Gasteiger partial charge in [0.2, 0.25) is 5.91 Å². The van der Waals surface area contributed by atoms with Crippen molar-refractivity contribution in [1.29, 1.82) is 0 Å².